The van der Waals surface area contributed by atoms with Crippen LogP contribution < -0.4 is 5.32 Å². The van der Waals surface area contributed by atoms with Gasteiger partial charge in [0.25, 0.3) is 0 Å². The molecule has 8 heteroatoms. The van der Waals surface area contributed by atoms with Crippen molar-refractivity contribution in [3.63, 3.8) is 0 Å². The summed E-state index contributed by atoms with van der Waals surface area (Å²) in [7, 11) is -2.58. The fourth-order valence-corrected chi connectivity index (χ4v) is 3.36. The number of sulfonamides is 1. The Labute approximate surface area is 151 Å². The molecule has 0 spiro atoms. The standard InChI is InChI=1S/C18H19FN2O4S/c1-13(22)15-6-8-17(9-7-15)26(24,25)21(2)12-18(23)20-11-14-4-3-5-16(19)10-14/h3-10H,11-12H2,1-2H3,(H,20,23). The summed E-state index contributed by atoms with van der Waals surface area (Å²) in [4.78, 5) is 23.2. The summed E-state index contributed by atoms with van der Waals surface area (Å²) in [6.07, 6.45) is 0. The van der Waals surface area contributed by atoms with Crippen LogP contribution in [0.4, 0.5) is 4.39 Å². The van der Waals surface area contributed by atoms with Gasteiger partial charge in [-0.05, 0) is 36.8 Å². The number of halogens is 1. The van der Waals surface area contributed by atoms with Crippen molar-refractivity contribution >= 4 is 21.7 Å². The van der Waals surface area contributed by atoms with Gasteiger partial charge >= 0.3 is 0 Å². The van der Waals surface area contributed by atoms with Crippen molar-refractivity contribution < 1.29 is 22.4 Å². The van der Waals surface area contributed by atoms with Gasteiger partial charge in [-0.15, -0.1) is 0 Å². The van der Waals surface area contributed by atoms with E-state index in [0.29, 0.717) is 11.1 Å². The number of benzene rings is 2. The Morgan fingerprint density at radius 1 is 1.12 bits per heavy atom. The van der Waals surface area contributed by atoms with E-state index >= 15 is 0 Å². The van der Waals surface area contributed by atoms with Crippen LogP contribution in [0, 0.1) is 5.82 Å². The zero-order chi connectivity index (χ0) is 19.3. The summed E-state index contributed by atoms with van der Waals surface area (Å²) >= 11 is 0. The second kappa shape index (κ2) is 8.20. The molecule has 0 aliphatic rings. The van der Waals surface area contributed by atoms with Gasteiger partial charge in [0.05, 0.1) is 11.4 Å². The topological polar surface area (TPSA) is 83.6 Å². The number of nitrogens with one attached hydrogen (secondary N) is 1. The predicted octanol–water partition coefficient (Wildman–Crippen LogP) is 1.97. The van der Waals surface area contributed by atoms with Gasteiger partial charge in [0, 0.05) is 19.2 Å². The number of hydrogen-bond acceptors (Lipinski definition) is 4. The lowest BCUT2D eigenvalue weighted by Gasteiger charge is -2.17. The summed E-state index contributed by atoms with van der Waals surface area (Å²) in [6.45, 7) is 1.10. The summed E-state index contributed by atoms with van der Waals surface area (Å²) < 4.78 is 39.0. The Morgan fingerprint density at radius 2 is 1.77 bits per heavy atom. The van der Waals surface area contributed by atoms with Crippen LogP contribution in [0.5, 0.6) is 0 Å². The maximum atomic E-state index is 13.1. The fraction of sp³-hybridized carbons (Fsp3) is 0.222. The monoisotopic (exact) mass is 378 g/mol. The number of likely N-dealkylation sites (N-methyl/N-ethyl adjacent to an activating group) is 1. The molecule has 0 unspecified atom stereocenters. The van der Waals surface area contributed by atoms with Crippen LogP contribution in [0.15, 0.2) is 53.4 Å². The molecule has 1 N–H and O–H groups in total. The lowest BCUT2D eigenvalue weighted by Crippen LogP contribution is -2.38. The number of hydrogen-bond donors (Lipinski definition) is 1. The van der Waals surface area contributed by atoms with Crippen LogP contribution in [-0.4, -0.2) is 38.0 Å². The Morgan fingerprint density at radius 3 is 2.35 bits per heavy atom. The predicted molar refractivity (Wildman–Crippen MR) is 94.5 cm³/mol. The fourth-order valence-electron chi connectivity index (χ4n) is 2.23. The maximum Gasteiger partial charge on any atom is 0.243 e. The van der Waals surface area contributed by atoms with Gasteiger partial charge in [-0.25, -0.2) is 12.8 Å². The lowest BCUT2D eigenvalue weighted by atomic mass is 10.2. The molecule has 2 aromatic carbocycles. The molecule has 0 saturated heterocycles. The zero-order valence-corrected chi connectivity index (χ0v) is 15.2. The SMILES string of the molecule is CC(=O)c1ccc(S(=O)(=O)N(C)CC(=O)NCc2cccc(F)c2)cc1. The first-order chi connectivity index (χ1) is 12.2. The third-order valence-corrected chi connectivity index (χ3v) is 5.53. The molecule has 0 saturated carbocycles. The minimum atomic E-state index is -3.86. The quantitative estimate of drug-likeness (QED) is 0.747. The Hall–Kier alpha value is -2.58. The van der Waals surface area contributed by atoms with E-state index in [9.17, 15) is 22.4 Å². The molecule has 2 aromatic rings. The average Bonchev–Trinajstić information content (AvgIpc) is 2.60. The van der Waals surface area contributed by atoms with Crippen molar-refractivity contribution in [3.8, 4) is 0 Å². The molecule has 6 nitrogen and oxygen atoms in total. The Kier molecular flexibility index (Phi) is 6.23. The minimum absolute atomic E-state index is 0.0112. The third kappa shape index (κ3) is 4.96. The van der Waals surface area contributed by atoms with Gasteiger partial charge in [0.1, 0.15) is 5.82 Å². The van der Waals surface area contributed by atoms with Crippen molar-refractivity contribution in [2.24, 2.45) is 0 Å². The van der Waals surface area contributed by atoms with Gasteiger partial charge in [0.2, 0.25) is 15.9 Å². The highest BCUT2D eigenvalue weighted by Crippen LogP contribution is 2.15. The van der Waals surface area contributed by atoms with Crippen LogP contribution in [0.25, 0.3) is 0 Å². The zero-order valence-electron chi connectivity index (χ0n) is 14.4. The summed E-state index contributed by atoms with van der Waals surface area (Å²) in [5.41, 5.74) is 0.975. The van der Waals surface area contributed by atoms with Crippen molar-refractivity contribution in [2.75, 3.05) is 13.6 Å². The molecule has 0 fully saturated rings. The lowest BCUT2D eigenvalue weighted by molar-refractivity contribution is -0.121. The molecule has 138 valence electrons. The molecular weight excluding hydrogens is 359 g/mol. The smallest absolute Gasteiger partial charge is 0.243 e. The van der Waals surface area contributed by atoms with Gasteiger partial charge in [-0.3, -0.25) is 9.59 Å². The highest BCUT2D eigenvalue weighted by atomic mass is 32.2. The first-order valence-corrected chi connectivity index (χ1v) is 9.22. The Balaban J connectivity index is 1.99. The number of carbonyl (C=O) groups excluding carboxylic acids is 2. The summed E-state index contributed by atoms with van der Waals surface area (Å²) in [5, 5.41) is 2.55. The normalized spacial score (nSPS) is 11.4. The van der Waals surface area contributed by atoms with Crippen LogP contribution in [-0.2, 0) is 21.4 Å². The van der Waals surface area contributed by atoms with E-state index < -0.39 is 21.7 Å². The first kappa shape index (κ1) is 19.7. The second-order valence-corrected chi connectivity index (χ2v) is 7.79. The molecule has 0 bridgehead atoms. The first-order valence-electron chi connectivity index (χ1n) is 7.78. The summed E-state index contributed by atoms with van der Waals surface area (Å²) in [5.74, 6) is -1.09. The van der Waals surface area contributed by atoms with E-state index in [0.717, 1.165) is 4.31 Å². The highest BCUT2D eigenvalue weighted by Gasteiger charge is 2.23. The molecule has 0 aliphatic heterocycles. The van der Waals surface area contributed by atoms with Gasteiger partial charge < -0.3 is 5.32 Å². The largest absolute Gasteiger partial charge is 0.351 e. The van der Waals surface area contributed by atoms with Gasteiger partial charge in [-0.1, -0.05) is 24.3 Å². The summed E-state index contributed by atoms with van der Waals surface area (Å²) in [6, 6.07) is 11.3. The minimum Gasteiger partial charge on any atom is -0.351 e. The molecule has 26 heavy (non-hydrogen) atoms. The molecular formula is C18H19FN2O4S. The van der Waals surface area contributed by atoms with Crippen LogP contribution >= 0.6 is 0 Å². The highest BCUT2D eigenvalue weighted by molar-refractivity contribution is 7.89. The van der Waals surface area contributed by atoms with Crippen molar-refractivity contribution in [2.45, 2.75) is 18.4 Å². The number of rotatable bonds is 7. The molecule has 1 amide bonds. The number of nitrogens with zero attached hydrogens (tertiary/aromatic N) is 1. The van der Waals surface area contributed by atoms with E-state index in [2.05, 4.69) is 5.32 Å². The van der Waals surface area contributed by atoms with E-state index in [4.69, 9.17) is 0 Å². The van der Waals surface area contributed by atoms with Gasteiger partial charge in [0.15, 0.2) is 5.78 Å². The van der Waals surface area contributed by atoms with Crippen molar-refractivity contribution in [1.29, 1.82) is 0 Å². The molecule has 2 rings (SSSR count). The van der Waals surface area contributed by atoms with Crippen molar-refractivity contribution in [3.05, 3.63) is 65.5 Å². The molecule has 0 aromatic heterocycles. The third-order valence-electron chi connectivity index (χ3n) is 3.71. The van der Waals surface area contributed by atoms with Crippen LogP contribution in [0.2, 0.25) is 0 Å². The molecule has 0 radical (unpaired) electrons. The maximum absolute atomic E-state index is 13.1. The Bertz CT molecular complexity index is 911. The van der Waals surface area contributed by atoms with E-state index in [1.807, 2.05) is 0 Å². The van der Waals surface area contributed by atoms with Gasteiger partial charge in [-0.2, -0.15) is 4.31 Å². The van der Waals surface area contributed by atoms with Crippen LogP contribution in [0.3, 0.4) is 0 Å². The van der Waals surface area contributed by atoms with Crippen molar-refractivity contribution in [1.82, 2.24) is 9.62 Å². The van der Waals surface area contributed by atoms with E-state index in [1.54, 1.807) is 6.07 Å². The average molecular weight is 378 g/mol. The molecule has 0 heterocycles. The molecule has 0 atom stereocenters. The van der Waals surface area contributed by atoms with E-state index in [-0.39, 0.29) is 23.8 Å². The number of Topliss-reactive ketones (excluding diaryl/α,β-unsaturated/α-hetero) is 1. The number of carbonyl (C=O) groups is 2. The number of amides is 1. The second-order valence-electron chi connectivity index (χ2n) is 5.75. The van der Waals surface area contributed by atoms with E-state index in [1.165, 1.54) is 56.4 Å². The van der Waals surface area contributed by atoms with Crippen LogP contribution in [0.1, 0.15) is 22.8 Å². The number of ketones is 1. The molecule has 0 aliphatic carbocycles.